The Kier molecular flexibility index (Phi) is 4.87. The van der Waals surface area contributed by atoms with Crippen molar-refractivity contribution in [3.63, 3.8) is 0 Å². The van der Waals surface area contributed by atoms with E-state index in [2.05, 4.69) is 4.74 Å². The van der Waals surface area contributed by atoms with Crippen LogP contribution >= 0.6 is 23.2 Å². The third-order valence-corrected chi connectivity index (χ3v) is 2.66. The Labute approximate surface area is 112 Å². The quantitative estimate of drug-likeness (QED) is 0.622. The molecule has 0 N–H and O–H groups in total. The second-order valence-corrected chi connectivity index (χ2v) is 4.42. The van der Waals surface area contributed by atoms with Gasteiger partial charge in [0.15, 0.2) is 5.56 Å². The van der Waals surface area contributed by atoms with Gasteiger partial charge in [-0.15, -0.1) is 0 Å². The lowest BCUT2D eigenvalue weighted by Gasteiger charge is -2.13. The first-order valence-electron chi connectivity index (χ1n) is 4.87. The molecule has 1 atom stereocenters. The Balaban J connectivity index is 2.91. The molecule has 0 aliphatic heterocycles. The van der Waals surface area contributed by atoms with Gasteiger partial charge in [-0.2, -0.15) is 13.2 Å². The minimum absolute atomic E-state index is 0.0934. The van der Waals surface area contributed by atoms with Crippen LogP contribution < -0.4 is 0 Å². The molecule has 0 radical (unpaired) electrons. The predicted octanol–water partition coefficient (Wildman–Crippen LogP) is 4.03. The van der Waals surface area contributed by atoms with Gasteiger partial charge >= 0.3 is 12.1 Å². The van der Waals surface area contributed by atoms with Crippen LogP contribution in [0.2, 0.25) is 5.02 Å². The zero-order valence-electron chi connectivity index (χ0n) is 9.22. The van der Waals surface area contributed by atoms with Gasteiger partial charge in [-0.05, 0) is 23.8 Å². The van der Waals surface area contributed by atoms with Gasteiger partial charge in [0, 0.05) is 18.4 Å². The zero-order chi connectivity index (χ0) is 13.9. The fourth-order valence-corrected chi connectivity index (χ4v) is 1.79. The second-order valence-electron chi connectivity index (χ2n) is 3.53. The van der Waals surface area contributed by atoms with Gasteiger partial charge < -0.3 is 4.74 Å². The number of benzene rings is 1. The first kappa shape index (κ1) is 15.1. The van der Waals surface area contributed by atoms with Gasteiger partial charge in [0.1, 0.15) is 0 Å². The van der Waals surface area contributed by atoms with Gasteiger partial charge in [-0.25, -0.2) is 0 Å². The highest BCUT2D eigenvalue weighted by molar-refractivity contribution is 6.31. The number of hydrogen-bond donors (Lipinski definition) is 0. The average Bonchev–Trinajstić information content (AvgIpc) is 2.18. The molecule has 0 fully saturated rings. The summed E-state index contributed by atoms with van der Waals surface area (Å²) in [5.74, 6) is -0.613. The summed E-state index contributed by atoms with van der Waals surface area (Å²) in [6.45, 7) is 1.16. The highest BCUT2D eigenvalue weighted by Gasteiger charge is 2.31. The molecule has 0 saturated heterocycles. The van der Waals surface area contributed by atoms with E-state index in [-0.39, 0.29) is 17.0 Å². The third-order valence-electron chi connectivity index (χ3n) is 2.05. The van der Waals surface area contributed by atoms with Gasteiger partial charge in [0.05, 0.1) is 5.56 Å². The van der Waals surface area contributed by atoms with Crippen LogP contribution in [0.25, 0.3) is 0 Å². The van der Waals surface area contributed by atoms with Crippen molar-refractivity contribution in [1.29, 1.82) is 0 Å². The average molecular weight is 301 g/mol. The molecular formula is C11H9Cl2F3O2. The van der Waals surface area contributed by atoms with Crippen LogP contribution in [0, 0.1) is 0 Å². The lowest BCUT2D eigenvalue weighted by molar-refractivity contribution is -0.143. The first-order chi connectivity index (χ1) is 8.20. The van der Waals surface area contributed by atoms with E-state index < -0.39 is 23.3 Å². The summed E-state index contributed by atoms with van der Waals surface area (Å²) in [7, 11) is 0. The predicted molar refractivity (Wildman–Crippen MR) is 61.6 cm³/mol. The van der Waals surface area contributed by atoms with Crippen LogP contribution in [0.5, 0.6) is 0 Å². The molecule has 1 aromatic carbocycles. The van der Waals surface area contributed by atoms with Crippen molar-refractivity contribution in [3.8, 4) is 0 Å². The second kappa shape index (κ2) is 5.80. The molecule has 1 unspecified atom stereocenters. The molecule has 0 heterocycles. The highest BCUT2D eigenvalue weighted by Crippen LogP contribution is 2.32. The molecular weight excluding hydrogens is 292 g/mol. The fraction of sp³-hybridized carbons (Fsp3) is 0.364. The van der Waals surface area contributed by atoms with Gasteiger partial charge in [-0.1, -0.05) is 23.2 Å². The van der Waals surface area contributed by atoms with E-state index in [1.54, 1.807) is 0 Å². The van der Waals surface area contributed by atoms with E-state index in [9.17, 15) is 18.0 Å². The van der Waals surface area contributed by atoms with Crippen molar-refractivity contribution in [2.24, 2.45) is 0 Å². The topological polar surface area (TPSA) is 26.3 Å². The number of ether oxygens (including phenoxy) is 1. The van der Waals surface area contributed by atoms with Crippen LogP contribution in [0.4, 0.5) is 13.2 Å². The molecule has 0 aromatic heterocycles. The summed E-state index contributed by atoms with van der Waals surface area (Å²) in [4.78, 5) is 10.6. The zero-order valence-corrected chi connectivity index (χ0v) is 10.7. The van der Waals surface area contributed by atoms with Crippen molar-refractivity contribution in [1.82, 2.24) is 0 Å². The standard InChI is InChI=1S/C11H9Cl2F3O2/c1-6(17)18-10(13)5-7-4-8(11(14,15)16)2-3-9(7)12/h2-4,10H,5H2,1H3. The van der Waals surface area contributed by atoms with Gasteiger partial charge in [0.2, 0.25) is 0 Å². The minimum atomic E-state index is -4.46. The van der Waals surface area contributed by atoms with Crippen molar-refractivity contribution in [3.05, 3.63) is 34.3 Å². The van der Waals surface area contributed by atoms with Crippen LogP contribution in [0.1, 0.15) is 18.1 Å². The minimum Gasteiger partial charge on any atom is -0.446 e. The molecule has 0 aliphatic carbocycles. The number of rotatable bonds is 3. The van der Waals surface area contributed by atoms with E-state index in [0.29, 0.717) is 0 Å². The highest BCUT2D eigenvalue weighted by atomic mass is 35.5. The van der Waals surface area contributed by atoms with Crippen LogP contribution in [0.3, 0.4) is 0 Å². The Morgan fingerprint density at radius 1 is 1.44 bits per heavy atom. The fourth-order valence-electron chi connectivity index (χ4n) is 1.30. The van der Waals surface area contributed by atoms with Crippen molar-refractivity contribution in [2.45, 2.75) is 25.1 Å². The third kappa shape index (κ3) is 4.38. The number of esters is 1. The summed E-state index contributed by atoms with van der Waals surface area (Å²) < 4.78 is 42.1. The maximum atomic E-state index is 12.5. The number of alkyl halides is 4. The van der Waals surface area contributed by atoms with Gasteiger partial charge in [-0.3, -0.25) is 4.79 Å². The normalized spacial score (nSPS) is 13.2. The SMILES string of the molecule is CC(=O)OC(Cl)Cc1cc(C(F)(F)F)ccc1Cl. The summed E-state index contributed by atoms with van der Waals surface area (Å²) in [5, 5.41) is 0.140. The van der Waals surface area contributed by atoms with Gasteiger partial charge in [0.25, 0.3) is 0 Å². The summed E-state index contributed by atoms with van der Waals surface area (Å²) in [6.07, 6.45) is -4.55. The number of carbonyl (C=O) groups is 1. The molecule has 0 amide bonds. The van der Waals surface area contributed by atoms with Crippen molar-refractivity contribution in [2.75, 3.05) is 0 Å². The number of carbonyl (C=O) groups excluding carboxylic acids is 1. The molecule has 18 heavy (non-hydrogen) atoms. The van der Waals surface area contributed by atoms with E-state index >= 15 is 0 Å². The number of halogens is 5. The summed E-state index contributed by atoms with van der Waals surface area (Å²) in [6, 6.07) is 2.90. The molecule has 7 heteroatoms. The lowest BCUT2D eigenvalue weighted by Crippen LogP contribution is -2.13. The largest absolute Gasteiger partial charge is 0.446 e. The monoisotopic (exact) mass is 300 g/mol. The maximum absolute atomic E-state index is 12.5. The molecule has 0 spiro atoms. The van der Waals surface area contributed by atoms with Crippen molar-refractivity contribution >= 4 is 29.2 Å². The molecule has 1 aromatic rings. The Hall–Kier alpha value is -0.940. The van der Waals surface area contributed by atoms with E-state index in [1.807, 2.05) is 0 Å². The molecule has 2 nitrogen and oxygen atoms in total. The molecule has 0 bridgehead atoms. The smallest absolute Gasteiger partial charge is 0.416 e. The first-order valence-corrected chi connectivity index (χ1v) is 5.68. The molecule has 100 valence electrons. The Morgan fingerprint density at radius 2 is 2.06 bits per heavy atom. The van der Waals surface area contributed by atoms with Crippen LogP contribution in [-0.2, 0) is 22.1 Å². The van der Waals surface area contributed by atoms with E-state index in [4.69, 9.17) is 23.2 Å². The van der Waals surface area contributed by atoms with Crippen LogP contribution in [0.15, 0.2) is 18.2 Å². The Bertz CT molecular complexity index is 446. The summed E-state index contributed by atoms with van der Waals surface area (Å²) >= 11 is 11.4. The van der Waals surface area contributed by atoms with Crippen LogP contribution in [-0.4, -0.2) is 11.5 Å². The van der Waals surface area contributed by atoms with E-state index in [0.717, 1.165) is 25.1 Å². The number of hydrogen-bond acceptors (Lipinski definition) is 2. The maximum Gasteiger partial charge on any atom is 0.416 e. The summed E-state index contributed by atoms with van der Waals surface area (Å²) in [5.41, 5.74) is -1.70. The molecule has 0 aliphatic rings. The van der Waals surface area contributed by atoms with Crippen molar-refractivity contribution < 1.29 is 22.7 Å². The Morgan fingerprint density at radius 3 is 2.56 bits per heavy atom. The van der Waals surface area contributed by atoms with E-state index in [1.165, 1.54) is 0 Å². The lowest BCUT2D eigenvalue weighted by atomic mass is 10.1. The molecule has 0 saturated carbocycles. The molecule has 1 rings (SSSR count).